The van der Waals surface area contributed by atoms with Crippen LogP contribution >= 0.6 is 0 Å². The second-order valence-corrected chi connectivity index (χ2v) is 5.69. The highest BCUT2D eigenvalue weighted by Crippen LogP contribution is 2.45. The van der Waals surface area contributed by atoms with Gasteiger partial charge in [-0.25, -0.2) is 0 Å². The van der Waals surface area contributed by atoms with Crippen LogP contribution in [-0.4, -0.2) is 44.0 Å². The predicted molar refractivity (Wildman–Crippen MR) is 89.6 cm³/mol. The Bertz CT molecular complexity index is 737. The molecule has 0 radical (unpaired) electrons. The number of carbonyl (C=O) groups is 1. The summed E-state index contributed by atoms with van der Waals surface area (Å²) in [5.74, 6) is 1.47. The minimum absolute atomic E-state index is 0.000655. The van der Waals surface area contributed by atoms with E-state index in [4.69, 9.17) is 14.2 Å². The Morgan fingerprint density at radius 2 is 2.00 bits per heavy atom. The first kappa shape index (κ1) is 16.3. The number of nitrogens with one attached hydrogen (secondary N) is 2. The summed E-state index contributed by atoms with van der Waals surface area (Å²) in [7, 11) is 4.67. The van der Waals surface area contributed by atoms with Crippen molar-refractivity contribution in [3.8, 4) is 22.8 Å². The number of methoxy groups -OCH3 is 3. The number of amides is 1. The molecule has 0 aliphatic heterocycles. The third kappa shape index (κ3) is 3.21. The number of hydrogen-bond acceptors (Lipinski definition) is 5. The van der Waals surface area contributed by atoms with Gasteiger partial charge in [-0.05, 0) is 31.0 Å². The van der Waals surface area contributed by atoms with Gasteiger partial charge in [0, 0.05) is 18.6 Å². The summed E-state index contributed by atoms with van der Waals surface area (Å²) in [6.07, 6.45) is 2.20. The summed E-state index contributed by atoms with van der Waals surface area (Å²) < 4.78 is 15.5. The fourth-order valence-corrected chi connectivity index (χ4v) is 2.65. The predicted octanol–water partition coefficient (Wildman–Crippen LogP) is 2.56. The van der Waals surface area contributed by atoms with Crippen LogP contribution in [0.15, 0.2) is 18.2 Å². The summed E-state index contributed by atoms with van der Waals surface area (Å²) in [5, 5.41) is 10.4. The Morgan fingerprint density at radius 3 is 2.62 bits per heavy atom. The second kappa shape index (κ2) is 6.92. The van der Waals surface area contributed by atoms with E-state index in [2.05, 4.69) is 15.5 Å². The number of benzene rings is 1. The zero-order chi connectivity index (χ0) is 17.1. The number of carbonyl (C=O) groups excluding carboxylic acids is 1. The standard InChI is InChI=1S/C17H21N3O4/c1-22-9-14(21)18-17-15(10-4-5-10)19-20-16(17)11-6-7-12(23-2)13(8-11)24-3/h6-8,10H,4-5,9H2,1-3H3,(H,18,21)(H,19,20). The first-order chi connectivity index (χ1) is 11.7. The molecule has 1 aliphatic rings. The van der Waals surface area contributed by atoms with Crippen LogP contribution in [0.1, 0.15) is 24.5 Å². The van der Waals surface area contributed by atoms with Crippen molar-refractivity contribution in [2.45, 2.75) is 18.8 Å². The third-order valence-electron chi connectivity index (χ3n) is 3.98. The largest absolute Gasteiger partial charge is 0.493 e. The molecule has 24 heavy (non-hydrogen) atoms. The van der Waals surface area contributed by atoms with Crippen molar-refractivity contribution in [2.75, 3.05) is 33.3 Å². The SMILES string of the molecule is COCC(=O)Nc1c(-c2ccc(OC)c(OC)c2)n[nH]c1C1CC1. The van der Waals surface area contributed by atoms with Crippen LogP contribution < -0.4 is 14.8 Å². The number of aromatic amines is 1. The van der Waals surface area contributed by atoms with Crippen LogP contribution in [0.4, 0.5) is 5.69 Å². The third-order valence-corrected chi connectivity index (χ3v) is 3.98. The smallest absolute Gasteiger partial charge is 0.250 e. The molecule has 2 aromatic rings. The zero-order valence-electron chi connectivity index (χ0n) is 14.0. The van der Waals surface area contributed by atoms with E-state index in [1.807, 2.05) is 18.2 Å². The average molecular weight is 331 g/mol. The van der Waals surface area contributed by atoms with Gasteiger partial charge in [-0.2, -0.15) is 5.10 Å². The molecule has 128 valence electrons. The average Bonchev–Trinajstić information content (AvgIpc) is 3.35. The van der Waals surface area contributed by atoms with E-state index in [9.17, 15) is 4.79 Å². The lowest BCUT2D eigenvalue weighted by Gasteiger charge is -2.11. The molecule has 1 aromatic carbocycles. The van der Waals surface area contributed by atoms with Crippen LogP contribution in [-0.2, 0) is 9.53 Å². The van der Waals surface area contributed by atoms with E-state index >= 15 is 0 Å². The van der Waals surface area contributed by atoms with Gasteiger partial charge in [-0.3, -0.25) is 9.89 Å². The molecule has 1 fully saturated rings. The van der Waals surface area contributed by atoms with E-state index in [1.54, 1.807) is 14.2 Å². The summed E-state index contributed by atoms with van der Waals surface area (Å²) in [5.41, 5.74) is 3.20. The quantitative estimate of drug-likeness (QED) is 0.814. The summed E-state index contributed by atoms with van der Waals surface area (Å²) >= 11 is 0. The van der Waals surface area contributed by atoms with Gasteiger partial charge in [0.25, 0.3) is 0 Å². The molecule has 7 heteroatoms. The van der Waals surface area contributed by atoms with E-state index in [1.165, 1.54) is 7.11 Å². The highest BCUT2D eigenvalue weighted by molar-refractivity contribution is 5.96. The topological polar surface area (TPSA) is 85.5 Å². The number of nitrogens with zero attached hydrogens (tertiary/aromatic N) is 1. The van der Waals surface area contributed by atoms with Crippen molar-refractivity contribution in [1.82, 2.24) is 10.2 Å². The number of H-pyrrole nitrogens is 1. The molecule has 2 N–H and O–H groups in total. The fourth-order valence-electron chi connectivity index (χ4n) is 2.65. The van der Waals surface area contributed by atoms with Gasteiger partial charge >= 0.3 is 0 Å². The molecule has 3 rings (SSSR count). The Kier molecular flexibility index (Phi) is 4.71. The maximum Gasteiger partial charge on any atom is 0.250 e. The lowest BCUT2D eigenvalue weighted by molar-refractivity contribution is -0.119. The van der Waals surface area contributed by atoms with Gasteiger partial charge in [-0.1, -0.05) is 0 Å². The summed E-state index contributed by atoms with van der Waals surface area (Å²) in [4.78, 5) is 12.0. The molecule has 0 atom stereocenters. The van der Waals surface area contributed by atoms with E-state index < -0.39 is 0 Å². The number of aromatic nitrogens is 2. The van der Waals surface area contributed by atoms with Crippen LogP contribution in [0, 0.1) is 0 Å². The minimum Gasteiger partial charge on any atom is -0.493 e. The molecule has 0 saturated heterocycles. The van der Waals surface area contributed by atoms with Crippen molar-refractivity contribution in [2.24, 2.45) is 0 Å². The van der Waals surface area contributed by atoms with E-state index in [-0.39, 0.29) is 12.5 Å². The molecule has 0 unspecified atom stereocenters. The normalized spacial score (nSPS) is 13.6. The molecule has 1 aromatic heterocycles. The van der Waals surface area contributed by atoms with Crippen molar-refractivity contribution in [3.05, 3.63) is 23.9 Å². The number of anilines is 1. The van der Waals surface area contributed by atoms with Crippen molar-refractivity contribution in [3.63, 3.8) is 0 Å². The van der Waals surface area contributed by atoms with Gasteiger partial charge in [-0.15, -0.1) is 0 Å². The lowest BCUT2D eigenvalue weighted by atomic mass is 10.1. The molecule has 1 aliphatic carbocycles. The van der Waals surface area contributed by atoms with Crippen LogP contribution in [0.3, 0.4) is 0 Å². The maximum absolute atomic E-state index is 12.0. The monoisotopic (exact) mass is 331 g/mol. The number of ether oxygens (including phenoxy) is 3. The van der Waals surface area contributed by atoms with Crippen LogP contribution in [0.5, 0.6) is 11.5 Å². The fraction of sp³-hybridized carbons (Fsp3) is 0.412. The van der Waals surface area contributed by atoms with Crippen LogP contribution in [0.2, 0.25) is 0 Å². The van der Waals surface area contributed by atoms with Gasteiger partial charge in [0.15, 0.2) is 11.5 Å². The van der Waals surface area contributed by atoms with E-state index in [0.29, 0.717) is 28.8 Å². The molecular weight excluding hydrogens is 310 g/mol. The Balaban J connectivity index is 1.99. The summed E-state index contributed by atoms with van der Waals surface area (Å²) in [6, 6.07) is 5.55. The molecule has 1 saturated carbocycles. The molecular formula is C17H21N3O4. The van der Waals surface area contributed by atoms with Gasteiger partial charge in [0.05, 0.1) is 25.6 Å². The van der Waals surface area contributed by atoms with Gasteiger partial charge in [0.1, 0.15) is 12.3 Å². The zero-order valence-corrected chi connectivity index (χ0v) is 14.0. The van der Waals surface area contributed by atoms with E-state index in [0.717, 1.165) is 24.1 Å². The summed E-state index contributed by atoms with van der Waals surface area (Å²) in [6.45, 7) is 0.000655. The minimum atomic E-state index is -0.206. The van der Waals surface area contributed by atoms with Gasteiger partial charge < -0.3 is 19.5 Å². The number of rotatable bonds is 7. The highest BCUT2D eigenvalue weighted by Gasteiger charge is 2.31. The lowest BCUT2D eigenvalue weighted by Crippen LogP contribution is -2.18. The Morgan fingerprint density at radius 1 is 1.25 bits per heavy atom. The molecule has 7 nitrogen and oxygen atoms in total. The van der Waals surface area contributed by atoms with Crippen LogP contribution in [0.25, 0.3) is 11.3 Å². The second-order valence-electron chi connectivity index (χ2n) is 5.69. The van der Waals surface area contributed by atoms with Crippen molar-refractivity contribution < 1.29 is 19.0 Å². The Hall–Kier alpha value is -2.54. The number of hydrogen-bond donors (Lipinski definition) is 2. The van der Waals surface area contributed by atoms with Gasteiger partial charge in [0.2, 0.25) is 5.91 Å². The highest BCUT2D eigenvalue weighted by atomic mass is 16.5. The molecule has 1 amide bonds. The first-order valence-corrected chi connectivity index (χ1v) is 7.77. The molecule has 1 heterocycles. The first-order valence-electron chi connectivity index (χ1n) is 7.77. The molecule has 0 bridgehead atoms. The Labute approximate surface area is 140 Å². The maximum atomic E-state index is 12.0. The van der Waals surface area contributed by atoms with Crippen molar-refractivity contribution in [1.29, 1.82) is 0 Å². The molecule has 0 spiro atoms. The van der Waals surface area contributed by atoms with Crippen molar-refractivity contribution >= 4 is 11.6 Å².